The third-order valence-electron chi connectivity index (χ3n) is 3.23. The maximum absolute atomic E-state index is 13.5. The van der Waals surface area contributed by atoms with Crippen LogP contribution in [0.3, 0.4) is 0 Å². The molecule has 0 saturated heterocycles. The van der Waals surface area contributed by atoms with Gasteiger partial charge in [0.25, 0.3) is 0 Å². The third kappa shape index (κ3) is 3.14. The van der Waals surface area contributed by atoms with Crippen molar-refractivity contribution >= 4 is 27.5 Å². The summed E-state index contributed by atoms with van der Waals surface area (Å²) in [4.78, 5) is 0. The summed E-state index contributed by atoms with van der Waals surface area (Å²) in [5.41, 5.74) is -0.0873. The molecule has 0 aliphatic heterocycles. The first kappa shape index (κ1) is 16.1. The maximum atomic E-state index is 13.5. The van der Waals surface area contributed by atoms with Crippen LogP contribution in [0.15, 0.2) is 59.2 Å². The van der Waals surface area contributed by atoms with E-state index in [0.717, 1.165) is 0 Å². The predicted octanol–water partition coefficient (Wildman–Crippen LogP) is 5.97. The molecule has 2 aromatic carbocycles. The van der Waals surface area contributed by atoms with Crippen molar-refractivity contribution in [1.29, 1.82) is 0 Å². The van der Waals surface area contributed by atoms with Gasteiger partial charge in [-0.2, -0.15) is 18.3 Å². The second-order valence-electron chi connectivity index (χ2n) is 4.77. The first-order valence-electron chi connectivity index (χ1n) is 6.55. The Morgan fingerprint density at radius 3 is 2.13 bits per heavy atom. The quantitative estimate of drug-likeness (QED) is 0.517. The molecule has 23 heavy (non-hydrogen) atoms. The fourth-order valence-corrected chi connectivity index (χ4v) is 3.02. The molecule has 0 radical (unpaired) electrons. The fourth-order valence-electron chi connectivity index (χ4n) is 2.20. The van der Waals surface area contributed by atoms with E-state index in [2.05, 4.69) is 21.0 Å². The Labute approximate surface area is 143 Å². The normalized spacial score (nSPS) is 11.7. The van der Waals surface area contributed by atoms with Gasteiger partial charge in [0.2, 0.25) is 0 Å². The number of aromatic nitrogens is 2. The molecule has 1 heterocycles. The van der Waals surface area contributed by atoms with Crippen LogP contribution >= 0.6 is 27.5 Å². The van der Waals surface area contributed by atoms with Crippen molar-refractivity contribution in [2.45, 2.75) is 6.18 Å². The highest BCUT2D eigenvalue weighted by Crippen LogP contribution is 2.42. The molecule has 0 amide bonds. The van der Waals surface area contributed by atoms with E-state index in [1.807, 2.05) is 0 Å². The number of halogens is 5. The highest BCUT2D eigenvalue weighted by Gasteiger charge is 2.40. The van der Waals surface area contributed by atoms with Crippen LogP contribution in [0.1, 0.15) is 5.56 Å². The molecule has 3 rings (SSSR count). The van der Waals surface area contributed by atoms with Crippen LogP contribution in [0.4, 0.5) is 13.2 Å². The predicted molar refractivity (Wildman–Crippen MR) is 86.7 cm³/mol. The van der Waals surface area contributed by atoms with Crippen LogP contribution in [0.5, 0.6) is 0 Å². The molecule has 0 unspecified atom stereocenters. The molecule has 0 fully saturated rings. The number of alkyl halides is 3. The lowest BCUT2D eigenvalue weighted by Crippen LogP contribution is -2.07. The van der Waals surface area contributed by atoms with E-state index in [4.69, 9.17) is 11.6 Å². The molecular weight excluding hydrogens is 393 g/mol. The van der Waals surface area contributed by atoms with Crippen molar-refractivity contribution in [3.05, 3.63) is 69.8 Å². The van der Waals surface area contributed by atoms with Crippen molar-refractivity contribution < 1.29 is 13.2 Å². The largest absolute Gasteiger partial charge is 0.421 e. The lowest BCUT2D eigenvalue weighted by atomic mass is 10.1. The topological polar surface area (TPSA) is 17.8 Å². The van der Waals surface area contributed by atoms with Gasteiger partial charge in [0.15, 0.2) is 0 Å². The molecule has 3 aromatic rings. The minimum absolute atomic E-state index is 0.138. The van der Waals surface area contributed by atoms with Crippen LogP contribution in [0, 0.1) is 0 Å². The van der Waals surface area contributed by atoms with E-state index in [0.29, 0.717) is 16.3 Å². The SMILES string of the molecule is FC(F)(F)c1c(-c2ccc(Cl)cc2)nn(-c2ccccc2)c1Br. The molecule has 2 nitrogen and oxygen atoms in total. The molecule has 0 aliphatic rings. The Kier molecular flexibility index (Phi) is 4.21. The van der Waals surface area contributed by atoms with Crippen molar-refractivity contribution in [2.24, 2.45) is 0 Å². The Balaban J connectivity index is 2.25. The summed E-state index contributed by atoms with van der Waals surface area (Å²) in [6, 6.07) is 14.7. The van der Waals surface area contributed by atoms with E-state index in [-0.39, 0.29) is 10.3 Å². The zero-order valence-corrected chi connectivity index (χ0v) is 13.8. The van der Waals surface area contributed by atoms with E-state index < -0.39 is 11.7 Å². The first-order chi connectivity index (χ1) is 10.9. The van der Waals surface area contributed by atoms with Gasteiger partial charge >= 0.3 is 6.18 Å². The smallest absolute Gasteiger partial charge is 0.225 e. The van der Waals surface area contributed by atoms with Crippen LogP contribution in [-0.2, 0) is 6.18 Å². The minimum Gasteiger partial charge on any atom is -0.225 e. The number of para-hydroxylation sites is 1. The van der Waals surface area contributed by atoms with Gasteiger partial charge in [-0.1, -0.05) is 41.9 Å². The first-order valence-corrected chi connectivity index (χ1v) is 7.72. The molecule has 0 spiro atoms. The van der Waals surface area contributed by atoms with Gasteiger partial charge in [-0.3, -0.25) is 0 Å². The molecule has 1 aromatic heterocycles. The van der Waals surface area contributed by atoms with Gasteiger partial charge in [-0.25, -0.2) is 4.68 Å². The summed E-state index contributed by atoms with van der Waals surface area (Å²) < 4.78 is 41.6. The molecule has 0 atom stereocenters. The fraction of sp³-hybridized carbons (Fsp3) is 0.0625. The standard InChI is InChI=1S/C16H9BrClF3N2/c17-15-13(16(19,20)21)14(10-6-8-11(18)9-7-10)22-23(15)12-4-2-1-3-5-12/h1-9H. The zero-order chi connectivity index (χ0) is 16.6. The van der Waals surface area contributed by atoms with Crippen molar-refractivity contribution in [1.82, 2.24) is 9.78 Å². The number of hydrogen-bond acceptors (Lipinski definition) is 1. The number of benzene rings is 2. The molecule has 7 heteroatoms. The van der Waals surface area contributed by atoms with Gasteiger partial charge in [0.05, 0.1) is 5.69 Å². The lowest BCUT2D eigenvalue weighted by Gasteiger charge is -2.08. The third-order valence-corrected chi connectivity index (χ3v) is 4.22. The summed E-state index contributed by atoms with van der Waals surface area (Å²) in [5.74, 6) is 0. The second-order valence-corrected chi connectivity index (χ2v) is 5.95. The summed E-state index contributed by atoms with van der Waals surface area (Å²) >= 11 is 8.84. The van der Waals surface area contributed by atoms with Crippen molar-refractivity contribution in [2.75, 3.05) is 0 Å². The maximum Gasteiger partial charge on any atom is 0.421 e. The Hall–Kier alpha value is -1.79. The van der Waals surface area contributed by atoms with Gasteiger partial charge in [0, 0.05) is 10.6 Å². The van der Waals surface area contributed by atoms with E-state index >= 15 is 0 Å². The highest BCUT2D eigenvalue weighted by atomic mass is 79.9. The molecule has 0 bridgehead atoms. The molecular formula is C16H9BrClF3N2. The van der Waals surface area contributed by atoms with Crippen LogP contribution in [-0.4, -0.2) is 9.78 Å². The Bertz CT molecular complexity index is 827. The summed E-state index contributed by atoms with van der Waals surface area (Å²) in [7, 11) is 0. The van der Waals surface area contributed by atoms with Gasteiger partial charge in [0.1, 0.15) is 15.9 Å². The van der Waals surface area contributed by atoms with E-state index in [9.17, 15) is 13.2 Å². The van der Waals surface area contributed by atoms with Crippen molar-refractivity contribution in [3.63, 3.8) is 0 Å². The van der Waals surface area contributed by atoms with Crippen LogP contribution in [0.2, 0.25) is 5.02 Å². The van der Waals surface area contributed by atoms with Crippen LogP contribution in [0.25, 0.3) is 16.9 Å². The zero-order valence-electron chi connectivity index (χ0n) is 11.5. The Morgan fingerprint density at radius 1 is 0.957 bits per heavy atom. The van der Waals surface area contributed by atoms with Gasteiger partial charge in [-0.15, -0.1) is 0 Å². The highest BCUT2D eigenvalue weighted by molar-refractivity contribution is 9.10. The monoisotopic (exact) mass is 400 g/mol. The average Bonchev–Trinajstić information content (AvgIpc) is 2.86. The number of nitrogens with zero attached hydrogens (tertiary/aromatic N) is 2. The van der Waals surface area contributed by atoms with Gasteiger partial charge in [-0.05, 0) is 40.2 Å². The van der Waals surface area contributed by atoms with Gasteiger partial charge < -0.3 is 0 Å². The minimum atomic E-state index is -4.54. The summed E-state index contributed by atoms with van der Waals surface area (Å²) in [5, 5.41) is 4.60. The second kappa shape index (κ2) is 6.02. The molecule has 118 valence electrons. The van der Waals surface area contributed by atoms with E-state index in [1.165, 1.54) is 28.9 Å². The molecule has 0 saturated carbocycles. The van der Waals surface area contributed by atoms with Crippen LogP contribution < -0.4 is 0 Å². The summed E-state index contributed by atoms with van der Waals surface area (Å²) in [6.45, 7) is 0. The number of rotatable bonds is 2. The van der Waals surface area contributed by atoms with Crippen molar-refractivity contribution in [3.8, 4) is 16.9 Å². The average molecular weight is 402 g/mol. The van der Waals surface area contributed by atoms with E-state index in [1.54, 1.807) is 30.3 Å². The summed E-state index contributed by atoms with van der Waals surface area (Å²) in [6.07, 6.45) is -4.54. The lowest BCUT2D eigenvalue weighted by molar-refractivity contribution is -0.137. The number of hydrogen-bond donors (Lipinski definition) is 0. The molecule has 0 aliphatic carbocycles. The molecule has 0 N–H and O–H groups in total. The Morgan fingerprint density at radius 2 is 1.57 bits per heavy atom.